The second-order valence-corrected chi connectivity index (χ2v) is 6.83. The normalized spacial score (nSPS) is 15.0. The maximum Gasteiger partial charge on any atom is 0.254 e. The van der Waals surface area contributed by atoms with E-state index in [1.54, 1.807) is 6.07 Å². The van der Waals surface area contributed by atoms with E-state index in [-0.39, 0.29) is 23.1 Å². The lowest BCUT2D eigenvalue weighted by atomic mass is 10.3. The van der Waals surface area contributed by atoms with Gasteiger partial charge in [0.05, 0.1) is 12.1 Å². The summed E-state index contributed by atoms with van der Waals surface area (Å²) in [4.78, 5) is 13.3. The van der Waals surface area contributed by atoms with Gasteiger partial charge < -0.3 is 15.5 Å². The fourth-order valence-electron chi connectivity index (χ4n) is 2.14. The van der Waals surface area contributed by atoms with E-state index in [0.29, 0.717) is 24.4 Å². The minimum atomic E-state index is -0.0987. The van der Waals surface area contributed by atoms with E-state index >= 15 is 0 Å². The number of thioether (sulfide) groups is 1. The molecule has 4 nitrogen and oxygen atoms in total. The Kier molecular flexibility index (Phi) is 5.56. The molecule has 0 aliphatic heterocycles. The first kappa shape index (κ1) is 16.9. The molecule has 22 heavy (non-hydrogen) atoms. The van der Waals surface area contributed by atoms with Gasteiger partial charge in [0.2, 0.25) is 0 Å². The van der Waals surface area contributed by atoms with Gasteiger partial charge >= 0.3 is 0 Å². The Balaban J connectivity index is 0.00000176. The molecular weight excluding hydrogens is 320 g/mol. The van der Waals surface area contributed by atoms with Gasteiger partial charge in [-0.05, 0) is 31.0 Å². The monoisotopic (exact) mass is 338 g/mol. The number of hydrogen-bond acceptors (Lipinski definition) is 4. The summed E-state index contributed by atoms with van der Waals surface area (Å²) in [5.74, 6) is 0.526. The third-order valence-corrected chi connectivity index (χ3v) is 5.07. The lowest BCUT2D eigenvalue weighted by Gasteiger charge is -2.15. The van der Waals surface area contributed by atoms with E-state index in [9.17, 15) is 4.79 Å². The third kappa shape index (κ3) is 4.06. The molecular formula is C16H19ClN2O2S. The van der Waals surface area contributed by atoms with Gasteiger partial charge in [-0.15, -0.1) is 24.2 Å². The minimum Gasteiger partial charge on any atom is -0.467 e. The van der Waals surface area contributed by atoms with Crippen LogP contribution in [-0.2, 0) is 6.54 Å². The van der Waals surface area contributed by atoms with Crippen molar-refractivity contribution in [3.63, 3.8) is 0 Å². The Bertz CT molecular complexity index is 626. The van der Waals surface area contributed by atoms with Gasteiger partial charge in [-0.3, -0.25) is 4.79 Å². The topological polar surface area (TPSA) is 68.3 Å². The number of hydrogen-bond donors (Lipinski definition) is 2. The van der Waals surface area contributed by atoms with Crippen LogP contribution in [0.5, 0.6) is 0 Å². The van der Waals surface area contributed by atoms with Crippen molar-refractivity contribution >= 4 is 30.1 Å². The van der Waals surface area contributed by atoms with Gasteiger partial charge in [-0.2, -0.15) is 0 Å². The molecule has 1 aliphatic rings. The average Bonchev–Trinajstić information content (AvgIpc) is 3.10. The quantitative estimate of drug-likeness (QED) is 0.848. The zero-order valence-electron chi connectivity index (χ0n) is 12.1. The molecule has 0 spiro atoms. The molecule has 2 aromatic rings. The van der Waals surface area contributed by atoms with Gasteiger partial charge in [0, 0.05) is 16.2 Å². The highest BCUT2D eigenvalue weighted by molar-refractivity contribution is 8.01. The molecule has 1 heterocycles. The first-order chi connectivity index (χ1) is 10.2. The molecule has 3 N–H and O–H groups in total. The SMILES string of the molecule is Cl.NCc1cc(C(=O)NCC2(Sc3ccccc3)CC2)co1. The fourth-order valence-corrected chi connectivity index (χ4v) is 3.39. The number of amides is 1. The second-order valence-electron chi connectivity index (χ2n) is 5.29. The molecule has 3 rings (SSSR count). The van der Waals surface area contributed by atoms with Crippen LogP contribution in [0.1, 0.15) is 29.0 Å². The Hall–Kier alpha value is -1.43. The van der Waals surface area contributed by atoms with E-state index in [4.69, 9.17) is 10.2 Å². The highest BCUT2D eigenvalue weighted by Gasteiger charge is 2.43. The molecule has 118 valence electrons. The van der Waals surface area contributed by atoms with Crippen molar-refractivity contribution in [1.29, 1.82) is 0 Å². The van der Waals surface area contributed by atoms with E-state index in [0.717, 1.165) is 12.8 Å². The summed E-state index contributed by atoms with van der Waals surface area (Å²) in [5, 5.41) is 3.00. The zero-order chi connectivity index (χ0) is 14.7. The molecule has 1 aliphatic carbocycles. The number of rotatable bonds is 6. The molecule has 1 fully saturated rings. The van der Waals surface area contributed by atoms with E-state index in [2.05, 4.69) is 17.4 Å². The Labute approximate surface area is 140 Å². The predicted octanol–water partition coefficient (Wildman–Crippen LogP) is 3.21. The predicted molar refractivity (Wildman–Crippen MR) is 90.4 cm³/mol. The van der Waals surface area contributed by atoms with Crippen LogP contribution in [0.2, 0.25) is 0 Å². The van der Waals surface area contributed by atoms with E-state index < -0.39 is 0 Å². The van der Waals surface area contributed by atoms with E-state index in [1.165, 1.54) is 11.2 Å². The second kappa shape index (κ2) is 7.22. The summed E-state index contributed by atoms with van der Waals surface area (Å²) < 4.78 is 5.34. The first-order valence-electron chi connectivity index (χ1n) is 7.00. The smallest absolute Gasteiger partial charge is 0.254 e. The van der Waals surface area contributed by atoms with Crippen LogP contribution >= 0.6 is 24.2 Å². The summed E-state index contributed by atoms with van der Waals surface area (Å²) in [6.45, 7) is 0.982. The summed E-state index contributed by atoms with van der Waals surface area (Å²) in [6.07, 6.45) is 3.72. The molecule has 6 heteroatoms. The Morgan fingerprint density at radius 2 is 2.05 bits per heavy atom. The number of carbonyl (C=O) groups excluding carboxylic acids is 1. The van der Waals surface area contributed by atoms with Gasteiger partial charge in [0.15, 0.2) is 0 Å². The molecule has 0 saturated heterocycles. The zero-order valence-corrected chi connectivity index (χ0v) is 13.7. The molecule has 1 saturated carbocycles. The van der Waals surface area contributed by atoms with Crippen LogP contribution in [-0.4, -0.2) is 17.2 Å². The first-order valence-corrected chi connectivity index (χ1v) is 7.82. The largest absolute Gasteiger partial charge is 0.467 e. The summed E-state index contributed by atoms with van der Waals surface area (Å²) in [6, 6.07) is 12.0. The van der Waals surface area contributed by atoms with Crippen LogP contribution in [0.15, 0.2) is 52.0 Å². The number of halogens is 1. The Morgan fingerprint density at radius 3 is 2.64 bits per heavy atom. The maximum atomic E-state index is 12.1. The van der Waals surface area contributed by atoms with Gasteiger partial charge in [-0.25, -0.2) is 0 Å². The molecule has 1 aromatic heterocycles. The van der Waals surface area contributed by atoms with Crippen molar-refractivity contribution in [2.75, 3.05) is 6.54 Å². The van der Waals surface area contributed by atoms with Crippen molar-refractivity contribution < 1.29 is 9.21 Å². The number of nitrogens with one attached hydrogen (secondary N) is 1. The summed E-state index contributed by atoms with van der Waals surface area (Å²) >= 11 is 1.85. The molecule has 0 bridgehead atoms. The lowest BCUT2D eigenvalue weighted by molar-refractivity contribution is 0.0952. The summed E-state index contributed by atoms with van der Waals surface area (Å²) in [5.41, 5.74) is 6.01. The number of nitrogens with two attached hydrogens (primary N) is 1. The minimum absolute atomic E-state index is 0. The molecule has 1 aromatic carbocycles. The van der Waals surface area contributed by atoms with Crippen LogP contribution < -0.4 is 11.1 Å². The number of carbonyl (C=O) groups is 1. The highest BCUT2D eigenvalue weighted by Crippen LogP contribution is 2.51. The number of furan rings is 1. The fraction of sp³-hybridized carbons (Fsp3) is 0.312. The molecule has 0 radical (unpaired) electrons. The van der Waals surface area contributed by atoms with Crippen LogP contribution in [0.25, 0.3) is 0 Å². The molecule has 0 atom stereocenters. The van der Waals surface area contributed by atoms with Crippen molar-refractivity contribution in [3.05, 3.63) is 54.0 Å². The van der Waals surface area contributed by atoms with Gasteiger partial charge in [-0.1, -0.05) is 18.2 Å². The van der Waals surface area contributed by atoms with Crippen molar-refractivity contribution in [2.45, 2.75) is 29.0 Å². The van der Waals surface area contributed by atoms with Crippen molar-refractivity contribution in [2.24, 2.45) is 5.73 Å². The van der Waals surface area contributed by atoms with Gasteiger partial charge in [0.25, 0.3) is 5.91 Å². The van der Waals surface area contributed by atoms with Crippen LogP contribution in [0, 0.1) is 0 Å². The average molecular weight is 339 g/mol. The third-order valence-electron chi connectivity index (χ3n) is 3.57. The van der Waals surface area contributed by atoms with Crippen molar-refractivity contribution in [3.8, 4) is 0 Å². The van der Waals surface area contributed by atoms with Crippen LogP contribution in [0.4, 0.5) is 0 Å². The highest BCUT2D eigenvalue weighted by atomic mass is 35.5. The number of benzene rings is 1. The van der Waals surface area contributed by atoms with E-state index in [1.807, 2.05) is 30.0 Å². The summed E-state index contributed by atoms with van der Waals surface area (Å²) in [7, 11) is 0. The standard InChI is InChI=1S/C16H18N2O2S.ClH/c17-9-13-8-12(10-20-13)15(19)18-11-16(6-7-16)21-14-4-2-1-3-5-14;/h1-5,8,10H,6-7,9,11,17H2,(H,18,19);1H. The van der Waals surface area contributed by atoms with Gasteiger partial charge in [0.1, 0.15) is 12.0 Å². The lowest BCUT2D eigenvalue weighted by Crippen LogP contribution is -2.31. The van der Waals surface area contributed by atoms with Crippen LogP contribution in [0.3, 0.4) is 0 Å². The molecule has 1 amide bonds. The van der Waals surface area contributed by atoms with Crippen molar-refractivity contribution in [1.82, 2.24) is 5.32 Å². The molecule has 0 unspecified atom stereocenters. The Morgan fingerprint density at radius 1 is 1.32 bits per heavy atom. The maximum absolute atomic E-state index is 12.1.